The van der Waals surface area contributed by atoms with Crippen molar-refractivity contribution in [1.29, 1.82) is 0 Å². The van der Waals surface area contributed by atoms with Gasteiger partial charge in [0.2, 0.25) is 0 Å². The fourth-order valence-electron chi connectivity index (χ4n) is 5.73. The Morgan fingerprint density at radius 1 is 1.15 bits per heavy atom. The zero-order valence-corrected chi connectivity index (χ0v) is 23.3. The highest BCUT2D eigenvalue weighted by Gasteiger charge is 2.33. The lowest BCUT2D eigenvalue weighted by atomic mass is 9.82. The van der Waals surface area contributed by atoms with Gasteiger partial charge >= 0.3 is 0 Å². The number of benzene rings is 2. The SMILES string of the molecule is COCCCN1CCOc2ccc(CO[C@H]3CN[C@@H](C[C@H](C)n4cncn4)C[C@@H]3c3ccc(OC)cc3)cc21. The molecule has 39 heavy (non-hydrogen) atoms. The molecule has 1 N–H and O–H groups in total. The summed E-state index contributed by atoms with van der Waals surface area (Å²) < 4.78 is 25.2. The predicted molar refractivity (Wildman–Crippen MR) is 151 cm³/mol. The maximum atomic E-state index is 6.64. The summed E-state index contributed by atoms with van der Waals surface area (Å²) in [6.45, 7) is 6.86. The molecule has 210 valence electrons. The maximum Gasteiger partial charge on any atom is 0.142 e. The van der Waals surface area contributed by atoms with Crippen molar-refractivity contribution in [3.8, 4) is 11.5 Å². The van der Waals surface area contributed by atoms with Gasteiger partial charge in [-0.1, -0.05) is 18.2 Å². The summed E-state index contributed by atoms with van der Waals surface area (Å²) >= 11 is 0. The molecule has 1 aromatic heterocycles. The van der Waals surface area contributed by atoms with E-state index in [2.05, 4.69) is 57.6 Å². The number of rotatable bonds is 12. The lowest BCUT2D eigenvalue weighted by molar-refractivity contribution is 0.00125. The van der Waals surface area contributed by atoms with Crippen molar-refractivity contribution in [2.75, 3.05) is 52.0 Å². The average Bonchev–Trinajstić information content (AvgIpc) is 3.52. The van der Waals surface area contributed by atoms with Crippen LogP contribution in [0, 0.1) is 0 Å². The number of hydrogen-bond donors (Lipinski definition) is 1. The van der Waals surface area contributed by atoms with Gasteiger partial charge in [-0.15, -0.1) is 0 Å². The van der Waals surface area contributed by atoms with Crippen molar-refractivity contribution in [1.82, 2.24) is 20.1 Å². The summed E-state index contributed by atoms with van der Waals surface area (Å²) in [5.74, 6) is 2.09. The summed E-state index contributed by atoms with van der Waals surface area (Å²) in [6.07, 6.45) is 6.41. The highest BCUT2D eigenvalue weighted by atomic mass is 16.5. The third-order valence-corrected chi connectivity index (χ3v) is 7.88. The molecule has 1 saturated heterocycles. The van der Waals surface area contributed by atoms with Crippen LogP contribution in [-0.2, 0) is 16.1 Å². The molecule has 5 rings (SSSR count). The lowest BCUT2D eigenvalue weighted by Crippen LogP contribution is -2.47. The van der Waals surface area contributed by atoms with Gasteiger partial charge in [0.25, 0.3) is 0 Å². The Balaban J connectivity index is 1.27. The fraction of sp³-hybridized carbons (Fsp3) is 0.533. The molecule has 4 atom stereocenters. The van der Waals surface area contributed by atoms with Crippen LogP contribution in [0.3, 0.4) is 0 Å². The Labute approximate surface area is 231 Å². The van der Waals surface area contributed by atoms with E-state index in [0.29, 0.717) is 19.3 Å². The smallest absolute Gasteiger partial charge is 0.142 e. The molecule has 3 heterocycles. The van der Waals surface area contributed by atoms with Gasteiger partial charge in [-0.05, 0) is 61.6 Å². The Hall–Kier alpha value is -3.14. The van der Waals surface area contributed by atoms with Crippen LogP contribution in [0.15, 0.2) is 55.1 Å². The zero-order valence-electron chi connectivity index (χ0n) is 23.3. The molecular weight excluding hydrogens is 494 g/mol. The number of ether oxygens (including phenoxy) is 4. The largest absolute Gasteiger partial charge is 0.497 e. The van der Waals surface area contributed by atoms with Crippen molar-refractivity contribution in [2.24, 2.45) is 0 Å². The van der Waals surface area contributed by atoms with E-state index in [0.717, 1.165) is 68.3 Å². The summed E-state index contributed by atoms with van der Waals surface area (Å²) in [4.78, 5) is 6.51. The Morgan fingerprint density at radius 2 is 2.03 bits per heavy atom. The van der Waals surface area contributed by atoms with E-state index in [1.54, 1.807) is 26.9 Å². The van der Waals surface area contributed by atoms with Crippen LogP contribution >= 0.6 is 0 Å². The molecule has 0 unspecified atom stereocenters. The second kappa shape index (κ2) is 13.3. The van der Waals surface area contributed by atoms with Crippen LogP contribution in [0.1, 0.15) is 49.3 Å². The van der Waals surface area contributed by atoms with E-state index in [1.807, 2.05) is 16.8 Å². The van der Waals surface area contributed by atoms with Crippen molar-refractivity contribution < 1.29 is 18.9 Å². The number of aromatic nitrogens is 3. The average molecular weight is 536 g/mol. The van der Waals surface area contributed by atoms with E-state index >= 15 is 0 Å². The molecule has 0 radical (unpaired) electrons. The molecule has 9 heteroatoms. The van der Waals surface area contributed by atoms with Crippen LogP contribution in [0.5, 0.6) is 11.5 Å². The monoisotopic (exact) mass is 535 g/mol. The van der Waals surface area contributed by atoms with Gasteiger partial charge in [0.1, 0.15) is 30.8 Å². The first kappa shape index (κ1) is 27.4. The number of methoxy groups -OCH3 is 2. The van der Waals surface area contributed by atoms with E-state index in [-0.39, 0.29) is 18.1 Å². The first-order valence-corrected chi connectivity index (χ1v) is 14.0. The van der Waals surface area contributed by atoms with Crippen LogP contribution in [0.2, 0.25) is 0 Å². The minimum atomic E-state index is 0.0569. The number of fused-ring (bicyclic) bond motifs is 1. The third-order valence-electron chi connectivity index (χ3n) is 7.88. The molecular formula is C30H41N5O4. The van der Waals surface area contributed by atoms with Crippen LogP contribution in [0.4, 0.5) is 5.69 Å². The molecule has 3 aromatic rings. The molecule has 0 aliphatic carbocycles. The molecule has 0 amide bonds. The van der Waals surface area contributed by atoms with Crippen molar-refractivity contribution in [3.05, 3.63) is 66.2 Å². The molecule has 2 aliphatic heterocycles. The van der Waals surface area contributed by atoms with Gasteiger partial charge in [0.15, 0.2) is 0 Å². The number of nitrogens with zero attached hydrogens (tertiary/aromatic N) is 4. The molecule has 1 fully saturated rings. The second-order valence-electron chi connectivity index (χ2n) is 10.5. The van der Waals surface area contributed by atoms with Gasteiger partial charge < -0.3 is 29.2 Å². The molecule has 0 bridgehead atoms. The van der Waals surface area contributed by atoms with E-state index < -0.39 is 0 Å². The summed E-state index contributed by atoms with van der Waals surface area (Å²) in [5.41, 5.74) is 3.59. The molecule has 0 saturated carbocycles. The van der Waals surface area contributed by atoms with Gasteiger partial charge in [-0.3, -0.25) is 4.68 Å². The Kier molecular flexibility index (Phi) is 9.34. The van der Waals surface area contributed by atoms with Crippen LogP contribution < -0.4 is 19.7 Å². The van der Waals surface area contributed by atoms with Crippen LogP contribution in [-0.4, -0.2) is 74.0 Å². The van der Waals surface area contributed by atoms with Crippen LogP contribution in [0.25, 0.3) is 0 Å². The number of nitrogens with one attached hydrogen (secondary N) is 1. The highest BCUT2D eigenvalue weighted by molar-refractivity contribution is 5.61. The van der Waals surface area contributed by atoms with E-state index in [9.17, 15) is 0 Å². The normalized spacial score (nSPS) is 21.7. The van der Waals surface area contributed by atoms with Gasteiger partial charge in [-0.25, -0.2) is 4.98 Å². The highest BCUT2D eigenvalue weighted by Crippen LogP contribution is 2.36. The molecule has 2 aromatic carbocycles. The van der Waals surface area contributed by atoms with Crippen molar-refractivity contribution in [2.45, 2.75) is 56.9 Å². The van der Waals surface area contributed by atoms with Gasteiger partial charge in [0, 0.05) is 38.8 Å². The summed E-state index contributed by atoms with van der Waals surface area (Å²) in [7, 11) is 3.46. The third kappa shape index (κ3) is 6.90. The summed E-state index contributed by atoms with van der Waals surface area (Å²) in [6, 6.07) is 15.5. The van der Waals surface area contributed by atoms with E-state index in [1.165, 1.54) is 5.56 Å². The molecule has 2 aliphatic rings. The quantitative estimate of drug-likeness (QED) is 0.346. The van der Waals surface area contributed by atoms with Gasteiger partial charge in [-0.2, -0.15) is 5.10 Å². The van der Waals surface area contributed by atoms with Gasteiger partial charge in [0.05, 0.1) is 38.1 Å². The van der Waals surface area contributed by atoms with E-state index in [4.69, 9.17) is 18.9 Å². The zero-order chi connectivity index (χ0) is 27.0. The second-order valence-corrected chi connectivity index (χ2v) is 10.5. The number of piperidine rings is 1. The fourth-order valence-corrected chi connectivity index (χ4v) is 5.73. The Morgan fingerprint density at radius 3 is 2.79 bits per heavy atom. The van der Waals surface area contributed by atoms with Crippen molar-refractivity contribution >= 4 is 5.69 Å². The summed E-state index contributed by atoms with van der Waals surface area (Å²) in [5, 5.41) is 8.09. The lowest BCUT2D eigenvalue weighted by Gasteiger charge is -2.38. The minimum Gasteiger partial charge on any atom is -0.497 e. The van der Waals surface area contributed by atoms with Crippen molar-refractivity contribution in [3.63, 3.8) is 0 Å². The number of anilines is 1. The maximum absolute atomic E-state index is 6.64. The molecule has 0 spiro atoms. The Bertz CT molecular complexity index is 1160. The predicted octanol–water partition coefficient (Wildman–Crippen LogP) is 4.20. The minimum absolute atomic E-state index is 0.0569. The first-order valence-electron chi connectivity index (χ1n) is 14.0. The number of hydrogen-bond acceptors (Lipinski definition) is 8. The standard InChI is InChI=1S/C30H41N5O4/c1-22(35-21-31-20-33-35)15-25-17-27(24-6-8-26(37-3)9-7-24)30(18-32-25)39-19-23-5-10-29-28(16-23)34(12-14-38-29)11-4-13-36-2/h5-10,16,20-22,25,27,30,32H,4,11-15,17-19H2,1-3H3/t22-,25-,27+,30-/m0/s1. The topological polar surface area (TPSA) is 82.9 Å². The molecule has 9 nitrogen and oxygen atoms in total. The first-order chi connectivity index (χ1) is 19.1.